The van der Waals surface area contributed by atoms with Crippen molar-refractivity contribution in [1.82, 2.24) is 4.48 Å². The Balaban J connectivity index is 2.15. The van der Waals surface area contributed by atoms with Crippen molar-refractivity contribution in [3.8, 4) is 0 Å². The molecule has 0 aliphatic carbocycles. The fourth-order valence-corrected chi connectivity index (χ4v) is 5.35. The highest BCUT2D eigenvalue weighted by molar-refractivity contribution is 5.42. The Bertz CT molecular complexity index is 500. The molecule has 0 heterocycles. The number of nitrogens with zero attached hydrogens (tertiary/aromatic N) is 1. The summed E-state index contributed by atoms with van der Waals surface area (Å²) in [6.07, 6.45) is 28.5. The van der Waals surface area contributed by atoms with Crippen LogP contribution in [0.5, 0.6) is 0 Å². The summed E-state index contributed by atoms with van der Waals surface area (Å²) in [6, 6.07) is 11.4. The molecule has 1 nitrogen and oxygen atoms in total. The van der Waals surface area contributed by atoms with Gasteiger partial charge in [-0.25, -0.2) is 0 Å². The monoisotopic (exact) mass is 458 g/mol. The second-order valence-corrected chi connectivity index (χ2v) is 10.7. The van der Waals surface area contributed by atoms with E-state index in [1.54, 1.807) is 5.69 Å². The molecule has 1 heteroatoms. The number of hydrogen-bond acceptors (Lipinski definition) is 0. The van der Waals surface area contributed by atoms with E-state index in [1.807, 2.05) is 0 Å². The molecular formula is C32H60N+. The van der Waals surface area contributed by atoms with E-state index in [2.05, 4.69) is 51.1 Å². The molecule has 0 saturated heterocycles. The van der Waals surface area contributed by atoms with E-state index in [-0.39, 0.29) is 0 Å². The Morgan fingerprint density at radius 1 is 0.394 bits per heavy atom. The smallest absolute Gasteiger partial charge is 0.132 e. The lowest BCUT2D eigenvalue weighted by atomic mass is 10.0. The number of hydrogen-bond donors (Lipinski definition) is 0. The maximum absolute atomic E-state index is 2.39. The minimum Gasteiger partial charge on any atom is -0.291 e. The summed E-state index contributed by atoms with van der Waals surface area (Å²) in [5.41, 5.74) is 1.56. The van der Waals surface area contributed by atoms with Crippen LogP contribution >= 0.6 is 0 Å². The molecule has 0 bridgehead atoms. The van der Waals surface area contributed by atoms with Crippen LogP contribution in [-0.4, -0.2) is 19.6 Å². The van der Waals surface area contributed by atoms with Crippen molar-refractivity contribution >= 4 is 5.69 Å². The second kappa shape index (κ2) is 21.7. The topological polar surface area (TPSA) is 0 Å². The molecule has 0 N–H and O–H groups in total. The van der Waals surface area contributed by atoms with Crippen LogP contribution in [0.4, 0.5) is 5.69 Å². The number of benzene rings is 1. The molecule has 0 saturated carbocycles. The molecular weight excluding hydrogens is 398 g/mol. The van der Waals surface area contributed by atoms with Crippen LogP contribution in [0.2, 0.25) is 0 Å². The van der Waals surface area contributed by atoms with Gasteiger partial charge in [-0.3, -0.25) is 4.48 Å². The first kappa shape index (κ1) is 30.2. The second-order valence-electron chi connectivity index (χ2n) is 10.7. The molecule has 0 spiro atoms. The zero-order chi connectivity index (χ0) is 23.9. The number of para-hydroxylation sites is 1. The number of quaternary nitrogens is 1. The molecule has 0 aromatic heterocycles. The summed E-state index contributed by atoms with van der Waals surface area (Å²) in [5, 5.41) is 0. The summed E-state index contributed by atoms with van der Waals surface area (Å²) in [4.78, 5) is 0. The first-order valence-electron chi connectivity index (χ1n) is 15.2. The molecule has 33 heavy (non-hydrogen) atoms. The van der Waals surface area contributed by atoms with Crippen molar-refractivity contribution in [1.29, 1.82) is 0 Å². The predicted octanol–water partition coefficient (Wildman–Crippen LogP) is 10.9. The minimum atomic E-state index is 1.22. The Morgan fingerprint density at radius 2 is 0.727 bits per heavy atom. The zero-order valence-electron chi connectivity index (χ0n) is 23.1. The first-order chi connectivity index (χ1) is 16.3. The summed E-state index contributed by atoms with van der Waals surface area (Å²) in [7, 11) is 0. The van der Waals surface area contributed by atoms with Crippen LogP contribution in [0, 0.1) is 0 Å². The quantitative estimate of drug-likeness (QED) is 0.107. The fourth-order valence-electron chi connectivity index (χ4n) is 5.35. The third kappa shape index (κ3) is 14.9. The van der Waals surface area contributed by atoms with Crippen molar-refractivity contribution in [3.05, 3.63) is 30.3 Å². The molecule has 1 aromatic carbocycles. The van der Waals surface area contributed by atoms with E-state index >= 15 is 0 Å². The van der Waals surface area contributed by atoms with Gasteiger partial charge in [0.2, 0.25) is 0 Å². The molecule has 1 aromatic rings. The maximum Gasteiger partial charge on any atom is 0.132 e. The van der Waals surface area contributed by atoms with Crippen molar-refractivity contribution in [3.63, 3.8) is 0 Å². The van der Waals surface area contributed by atoms with Gasteiger partial charge in [-0.2, -0.15) is 0 Å². The highest BCUT2D eigenvalue weighted by atomic mass is 15.4. The lowest BCUT2D eigenvalue weighted by molar-refractivity contribution is 0.257. The SMILES string of the molecule is CCCCCCCCCCCCCCCCCC[N+](CCCC)(CCCC)c1ccccc1. The van der Waals surface area contributed by atoms with Gasteiger partial charge in [0.05, 0.1) is 19.6 Å². The van der Waals surface area contributed by atoms with Crippen LogP contribution in [0.1, 0.15) is 149 Å². The molecule has 1 rings (SSSR count). The van der Waals surface area contributed by atoms with Crippen LogP contribution in [0.15, 0.2) is 30.3 Å². The van der Waals surface area contributed by atoms with E-state index < -0.39 is 0 Å². The molecule has 0 radical (unpaired) electrons. The Labute approximate surface area is 209 Å². The summed E-state index contributed by atoms with van der Waals surface area (Å²) in [6.45, 7) is 11.0. The van der Waals surface area contributed by atoms with Gasteiger partial charge in [0, 0.05) is 0 Å². The predicted molar refractivity (Wildman–Crippen MR) is 152 cm³/mol. The largest absolute Gasteiger partial charge is 0.291 e. The van der Waals surface area contributed by atoms with E-state index in [1.165, 1.54) is 153 Å². The average Bonchev–Trinajstić information content (AvgIpc) is 2.85. The van der Waals surface area contributed by atoms with Gasteiger partial charge in [-0.05, 0) is 37.8 Å². The number of unbranched alkanes of at least 4 members (excludes halogenated alkanes) is 17. The van der Waals surface area contributed by atoms with Crippen LogP contribution in [0.25, 0.3) is 0 Å². The lowest BCUT2D eigenvalue weighted by Gasteiger charge is -2.39. The highest BCUT2D eigenvalue weighted by Gasteiger charge is 2.28. The van der Waals surface area contributed by atoms with E-state index in [9.17, 15) is 0 Å². The van der Waals surface area contributed by atoms with Gasteiger partial charge < -0.3 is 0 Å². The van der Waals surface area contributed by atoms with Gasteiger partial charge in [0.25, 0.3) is 0 Å². The van der Waals surface area contributed by atoms with Gasteiger partial charge >= 0.3 is 0 Å². The highest BCUT2D eigenvalue weighted by Crippen LogP contribution is 2.26. The fraction of sp³-hybridized carbons (Fsp3) is 0.812. The first-order valence-corrected chi connectivity index (χ1v) is 15.2. The average molecular weight is 459 g/mol. The molecule has 0 unspecified atom stereocenters. The third-order valence-corrected chi connectivity index (χ3v) is 7.62. The summed E-state index contributed by atoms with van der Waals surface area (Å²) >= 11 is 0. The molecule has 192 valence electrons. The van der Waals surface area contributed by atoms with Crippen LogP contribution in [-0.2, 0) is 0 Å². The van der Waals surface area contributed by atoms with Crippen molar-refractivity contribution in [2.24, 2.45) is 0 Å². The van der Waals surface area contributed by atoms with Crippen LogP contribution in [0.3, 0.4) is 0 Å². The summed E-state index contributed by atoms with van der Waals surface area (Å²) in [5.74, 6) is 0. The van der Waals surface area contributed by atoms with Crippen molar-refractivity contribution < 1.29 is 0 Å². The Hall–Kier alpha value is -0.820. The maximum atomic E-state index is 2.39. The van der Waals surface area contributed by atoms with Gasteiger partial charge in [0.1, 0.15) is 5.69 Å². The van der Waals surface area contributed by atoms with Gasteiger partial charge in [-0.15, -0.1) is 0 Å². The Morgan fingerprint density at radius 3 is 1.12 bits per heavy atom. The van der Waals surface area contributed by atoms with Crippen LogP contribution < -0.4 is 4.48 Å². The molecule has 0 amide bonds. The van der Waals surface area contributed by atoms with E-state index in [4.69, 9.17) is 0 Å². The zero-order valence-corrected chi connectivity index (χ0v) is 23.1. The van der Waals surface area contributed by atoms with Gasteiger partial charge in [0.15, 0.2) is 0 Å². The molecule has 0 aliphatic heterocycles. The van der Waals surface area contributed by atoms with E-state index in [0.717, 1.165) is 0 Å². The minimum absolute atomic E-state index is 1.22. The summed E-state index contributed by atoms with van der Waals surface area (Å²) < 4.78 is 1.22. The van der Waals surface area contributed by atoms with Crippen molar-refractivity contribution in [2.75, 3.05) is 19.6 Å². The van der Waals surface area contributed by atoms with Gasteiger partial charge in [-0.1, -0.05) is 142 Å². The van der Waals surface area contributed by atoms with Crippen molar-refractivity contribution in [2.45, 2.75) is 149 Å². The van der Waals surface area contributed by atoms with E-state index in [0.29, 0.717) is 0 Å². The molecule has 0 fully saturated rings. The Kier molecular flexibility index (Phi) is 19.9. The third-order valence-electron chi connectivity index (χ3n) is 7.62. The standard InChI is InChI=1S/C32H60N/c1-4-7-10-11-12-13-14-15-16-17-18-19-20-21-22-26-31-33(29-8-5-2,30-9-6-3)32-27-24-23-25-28-32/h23-25,27-28H,4-22,26,29-31H2,1-3H3/q+1. The molecule has 0 atom stereocenters. The number of rotatable bonds is 24. The normalized spacial score (nSPS) is 11.8. The lowest BCUT2D eigenvalue weighted by Crippen LogP contribution is -2.51. The molecule has 0 aliphatic rings.